The van der Waals surface area contributed by atoms with Crippen LogP contribution in [0, 0.1) is 18.6 Å². The molecule has 1 aliphatic rings. The number of aliphatic hydroxyl groups is 1. The van der Waals surface area contributed by atoms with Gasteiger partial charge in [-0.3, -0.25) is 14.5 Å². The highest BCUT2D eigenvalue weighted by molar-refractivity contribution is 6.20. The smallest absolute Gasteiger partial charge is 0.294 e. The predicted octanol–water partition coefficient (Wildman–Crippen LogP) is 4.24. The van der Waals surface area contributed by atoms with Crippen LogP contribution in [0.4, 0.5) is 14.5 Å². The molecule has 1 aromatic carbocycles. The maximum atomic E-state index is 14.4. The molecule has 0 aliphatic carbocycles. The molecule has 4 rings (SSSR count). The zero-order valence-electron chi connectivity index (χ0n) is 14.5. The van der Waals surface area contributed by atoms with Crippen molar-refractivity contribution in [1.82, 2.24) is 0 Å². The summed E-state index contributed by atoms with van der Waals surface area (Å²) < 4.78 is 38.8. The molecule has 2 aromatic heterocycles. The molecule has 3 aromatic rings. The number of halogens is 2. The lowest BCUT2D eigenvalue weighted by atomic mass is 9.99. The van der Waals surface area contributed by atoms with Crippen molar-refractivity contribution >= 4 is 17.4 Å². The second kappa shape index (κ2) is 6.49. The van der Waals surface area contributed by atoms with Crippen LogP contribution in [-0.4, -0.2) is 16.8 Å². The molecule has 0 saturated heterocycles. The highest BCUT2D eigenvalue weighted by atomic mass is 19.1. The molecule has 0 bridgehead atoms. The van der Waals surface area contributed by atoms with Gasteiger partial charge in [0.1, 0.15) is 29.2 Å². The fraction of sp³-hybridized carbons (Fsp3) is 0.100. The molecule has 6 nitrogen and oxygen atoms in total. The number of furan rings is 2. The van der Waals surface area contributed by atoms with Crippen molar-refractivity contribution in [3.8, 4) is 0 Å². The van der Waals surface area contributed by atoms with E-state index in [-0.39, 0.29) is 17.1 Å². The number of hydrogen-bond donors (Lipinski definition) is 1. The average Bonchev–Trinajstić information content (AvgIpc) is 3.38. The molecule has 142 valence electrons. The highest BCUT2D eigenvalue weighted by Gasteiger charge is 2.47. The van der Waals surface area contributed by atoms with Gasteiger partial charge in [0.2, 0.25) is 5.78 Å². The molecule has 1 amide bonds. The normalized spacial score (nSPS) is 16.9. The molecule has 0 radical (unpaired) electrons. The highest BCUT2D eigenvalue weighted by Crippen LogP contribution is 2.43. The number of aryl methyl sites for hydroxylation is 1. The van der Waals surface area contributed by atoms with Gasteiger partial charge in [-0.1, -0.05) is 0 Å². The van der Waals surface area contributed by atoms with E-state index in [4.69, 9.17) is 8.83 Å². The number of carbonyl (C=O) groups is 2. The third-order valence-corrected chi connectivity index (χ3v) is 4.40. The van der Waals surface area contributed by atoms with E-state index in [9.17, 15) is 23.5 Å². The number of nitrogens with zero attached hydrogens (tertiary/aromatic N) is 1. The first-order valence-corrected chi connectivity index (χ1v) is 8.24. The second-order valence-corrected chi connectivity index (χ2v) is 6.19. The molecule has 1 unspecified atom stereocenters. The molecular weight excluding hydrogens is 372 g/mol. The Bertz CT molecular complexity index is 1110. The molecule has 1 atom stereocenters. The van der Waals surface area contributed by atoms with Crippen LogP contribution in [0.1, 0.15) is 28.1 Å². The van der Waals surface area contributed by atoms with Crippen molar-refractivity contribution in [3.05, 3.63) is 89.0 Å². The van der Waals surface area contributed by atoms with Gasteiger partial charge in [0, 0.05) is 6.07 Å². The predicted molar refractivity (Wildman–Crippen MR) is 92.7 cm³/mol. The molecule has 0 fully saturated rings. The van der Waals surface area contributed by atoms with Gasteiger partial charge in [0.05, 0.1) is 17.5 Å². The molecule has 8 heteroatoms. The largest absolute Gasteiger partial charge is 0.503 e. The number of Topliss-reactive ketones (excluding diaryl/α,β-unsaturated/α-hetero) is 1. The van der Waals surface area contributed by atoms with E-state index in [2.05, 4.69) is 0 Å². The average molecular weight is 385 g/mol. The zero-order valence-corrected chi connectivity index (χ0v) is 14.5. The maximum Gasteiger partial charge on any atom is 0.294 e. The Morgan fingerprint density at radius 3 is 2.61 bits per heavy atom. The van der Waals surface area contributed by atoms with Crippen molar-refractivity contribution in [2.75, 3.05) is 4.90 Å². The lowest BCUT2D eigenvalue weighted by Gasteiger charge is -2.25. The molecule has 1 aliphatic heterocycles. The summed E-state index contributed by atoms with van der Waals surface area (Å²) in [5.41, 5.74) is -0.782. The van der Waals surface area contributed by atoms with Crippen LogP contribution in [-0.2, 0) is 4.79 Å². The van der Waals surface area contributed by atoms with Gasteiger partial charge in [-0.15, -0.1) is 0 Å². The Kier molecular flexibility index (Phi) is 4.11. The molecule has 1 N–H and O–H groups in total. The minimum Gasteiger partial charge on any atom is -0.503 e. The van der Waals surface area contributed by atoms with Gasteiger partial charge in [0.15, 0.2) is 11.5 Å². The molecule has 0 saturated carbocycles. The van der Waals surface area contributed by atoms with Crippen molar-refractivity contribution in [2.24, 2.45) is 0 Å². The molecular formula is C20H13F2NO5. The summed E-state index contributed by atoms with van der Waals surface area (Å²) >= 11 is 0. The van der Waals surface area contributed by atoms with E-state index in [1.807, 2.05) is 0 Å². The van der Waals surface area contributed by atoms with E-state index in [0.29, 0.717) is 5.76 Å². The lowest BCUT2D eigenvalue weighted by Crippen LogP contribution is -2.31. The number of benzene rings is 1. The Morgan fingerprint density at radius 1 is 1.18 bits per heavy atom. The lowest BCUT2D eigenvalue weighted by molar-refractivity contribution is -0.117. The van der Waals surface area contributed by atoms with E-state index in [1.54, 1.807) is 13.0 Å². The summed E-state index contributed by atoms with van der Waals surface area (Å²) in [6.07, 6.45) is 1.26. The van der Waals surface area contributed by atoms with E-state index in [0.717, 1.165) is 23.1 Å². The number of hydrogen-bond acceptors (Lipinski definition) is 5. The Morgan fingerprint density at radius 2 is 1.96 bits per heavy atom. The van der Waals surface area contributed by atoms with Gasteiger partial charge >= 0.3 is 0 Å². The van der Waals surface area contributed by atoms with Crippen molar-refractivity contribution in [1.29, 1.82) is 0 Å². The monoisotopic (exact) mass is 385 g/mol. The number of carbonyl (C=O) groups excluding carboxylic acids is 2. The summed E-state index contributed by atoms with van der Waals surface area (Å²) in [7, 11) is 0. The summed E-state index contributed by atoms with van der Waals surface area (Å²) in [5, 5.41) is 10.4. The maximum absolute atomic E-state index is 14.4. The van der Waals surface area contributed by atoms with Gasteiger partial charge in [-0.25, -0.2) is 8.78 Å². The fourth-order valence-electron chi connectivity index (χ4n) is 3.17. The summed E-state index contributed by atoms with van der Waals surface area (Å²) in [6, 6.07) is 7.18. The van der Waals surface area contributed by atoms with E-state index >= 15 is 0 Å². The molecule has 3 heterocycles. The van der Waals surface area contributed by atoms with Crippen LogP contribution in [0.2, 0.25) is 0 Å². The van der Waals surface area contributed by atoms with Crippen molar-refractivity contribution < 1.29 is 32.3 Å². The van der Waals surface area contributed by atoms with Crippen molar-refractivity contribution in [3.63, 3.8) is 0 Å². The van der Waals surface area contributed by atoms with Crippen LogP contribution in [0.15, 0.2) is 68.9 Å². The SMILES string of the molecule is Cc1ccc(C2C(C(=O)c3ccco3)=C(O)C(=O)N2c2cc(F)ccc2F)o1. The van der Waals surface area contributed by atoms with Crippen LogP contribution < -0.4 is 4.90 Å². The third-order valence-electron chi connectivity index (χ3n) is 4.40. The Balaban J connectivity index is 1.91. The first-order valence-electron chi connectivity index (χ1n) is 8.24. The molecule has 0 spiro atoms. The van der Waals surface area contributed by atoms with Crippen LogP contribution in [0.25, 0.3) is 0 Å². The first kappa shape index (κ1) is 17.7. The minimum absolute atomic E-state index is 0.105. The van der Waals surface area contributed by atoms with Crippen LogP contribution in [0.5, 0.6) is 0 Å². The standard InChI is InChI=1S/C20H13F2NO5/c1-10-4-7-14(28-10)17-16(18(24)15-3-2-8-27-15)19(25)20(26)23(17)13-9-11(21)5-6-12(13)22/h2-9,17,25H,1H3. The van der Waals surface area contributed by atoms with Crippen LogP contribution >= 0.6 is 0 Å². The van der Waals surface area contributed by atoms with E-state index in [1.165, 1.54) is 24.5 Å². The summed E-state index contributed by atoms with van der Waals surface area (Å²) in [6.45, 7) is 1.64. The topological polar surface area (TPSA) is 83.9 Å². The van der Waals surface area contributed by atoms with Gasteiger partial charge in [-0.05, 0) is 43.3 Å². The van der Waals surface area contributed by atoms with Crippen LogP contribution in [0.3, 0.4) is 0 Å². The van der Waals surface area contributed by atoms with Crippen molar-refractivity contribution in [2.45, 2.75) is 13.0 Å². The number of aliphatic hydroxyl groups excluding tert-OH is 1. The fourth-order valence-corrected chi connectivity index (χ4v) is 3.17. The Labute approximate surface area is 157 Å². The summed E-state index contributed by atoms with van der Waals surface area (Å²) in [4.78, 5) is 26.4. The Hall–Kier alpha value is -3.68. The number of ketones is 1. The van der Waals surface area contributed by atoms with Gasteiger partial charge < -0.3 is 13.9 Å². The molecule has 28 heavy (non-hydrogen) atoms. The summed E-state index contributed by atoms with van der Waals surface area (Å²) in [5.74, 6) is -3.95. The van der Waals surface area contributed by atoms with Gasteiger partial charge in [-0.2, -0.15) is 0 Å². The number of anilines is 1. The van der Waals surface area contributed by atoms with Gasteiger partial charge in [0.25, 0.3) is 5.91 Å². The number of rotatable bonds is 4. The third kappa shape index (κ3) is 2.70. The second-order valence-electron chi connectivity index (χ2n) is 6.19. The first-order chi connectivity index (χ1) is 13.4. The number of amides is 1. The van der Waals surface area contributed by atoms with E-state index < -0.39 is 40.8 Å². The quantitative estimate of drug-likeness (QED) is 0.679. The minimum atomic E-state index is -1.30. The zero-order chi connectivity index (χ0) is 20.0.